The first-order valence-corrected chi connectivity index (χ1v) is 11.1. The smallest absolute Gasteiger partial charge is 0.152 e. The summed E-state index contributed by atoms with van der Waals surface area (Å²) >= 11 is 0. The minimum absolute atomic E-state index is 0.00816. The molecule has 2 fully saturated rings. The summed E-state index contributed by atoms with van der Waals surface area (Å²) in [5.41, 5.74) is 2.96. The van der Waals surface area contributed by atoms with Crippen LogP contribution in [0.25, 0.3) is 0 Å². The van der Waals surface area contributed by atoms with E-state index >= 15 is 0 Å². The van der Waals surface area contributed by atoms with Crippen LogP contribution in [0.1, 0.15) is 54.9 Å². The Morgan fingerprint density at radius 3 is 2.60 bits per heavy atom. The van der Waals surface area contributed by atoms with Crippen LogP contribution < -0.4 is 0 Å². The fraction of sp³-hybridized carbons (Fsp3) is 0.615. The number of ether oxygens (including phenoxy) is 1. The molecular weight excluding hydrogens is 376 g/mol. The summed E-state index contributed by atoms with van der Waals surface area (Å²) < 4.78 is 5.94. The van der Waals surface area contributed by atoms with E-state index in [0.29, 0.717) is 11.7 Å². The van der Waals surface area contributed by atoms with Gasteiger partial charge < -0.3 is 9.84 Å². The number of aliphatic hydroxyl groups is 1. The molecule has 8 unspecified atom stereocenters. The van der Waals surface area contributed by atoms with Crippen LogP contribution in [0.4, 0.5) is 0 Å². The highest BCUT2D eigenvalue weighted by molar-refractivity contribution is 5.87. The van der Waals surface area contributed by atoms with E-state index in [9.17, 15) is 14.7 Å². The minimum Gasteiger partial charge on any atom is -0.389 e. The van der Waals surface area contributed by atoms with E-state index in [1.165, 1.54) is 12.5 Å². The SMILES string of the molecule is CC(=O)/C=C/C1(C)OC1/C(C)=C/C1/C(=C/C(C)O)C(C)=CC2CC(C)C(=O)C(C)C21. The summed E-state index contributed by atoms with van der Waals surface area (Å²) in [7, 11) is 0. The number of carbonyl (C=O) groups is 2. The molecule has 4 heteroatoms. The van der Waals surface area contributed by atoms with Crippen molar-refractivity contribution in [1.82, 2.24) is 0 Å². The third kappa shape index (κ3) is 4.45. The van der Waals surface area contributed by atoms with Gasteiger partial charge in [-0.25, -0.2) is 0 Å². The fourth-order valence-electron chi connectivity index (χ4n) is 5.58. The Balaban J connectivity index is 1.98. The second-order valence-corrected chi connectivity index (χ2v) is 9.84. The topological polar surface area (TPSA) is 66.9 Å². The summed E-state index contributed by atoms with van der Waals surface area (Å²) in [6.07, 6.45) is 10.2. The molecule has 0 radical (unpaired) electrons. The zero-order chi connectivity index (χ0) is 22.4. The van der Waals surface area contributed by atoms with Crippen LogP contribution in [0.3, 0.4) is 0 Å². The molecule has 30 heavy (non-hydrogen) atoms. The third-order valence-corrected chi connectivity index (χ3v) is 7.09. The lowest BCUT2D eigenvalue weighted by molar-refractivity contribution is -0.132. The molecule has 1 aliphatic heterocycles. The lowest BCUT2D eigenvalue weighted by Gasteiger charge is -2.45. The molecule has 4 nitrogen and oxygen atoms in total. The monoisotopic (exact) mass is 412 g/mol. The van der Waals surface area contributed by atoms with Crippen LogP contribution in [0.2, 0.25) is 0 Å². The second kappa shape index (κ2) is 8.39. The molecule has 0 bridgehead atoms. The van der Waals surface area contributed by atoms with Gasteiger partial charge in [-0.3, -0.25) is 9.59 Å². The Morgan fingerprint density at radius 2 is 2.00 bits per heavy atom. The van der Waals surface area contributed by atoms with Gasteiger partial charge in [-0.1, -0.05) is 37.6 Å². The summed E-state index contributed by atoms with van der Waals surface area (Å²) in [5, 5.41) is 10.1. The molecule has 0 spiro atoms. The van der Waals surface area contributed by atoms with Gasteiger partial charge in [0.15, 0.2) is 5.78 Å². The minimum atomic E-state index is -0.550. The van der Waals surface area contributed by atoms with Crippen LogP contribution in [0.15, 0.2) is 47.1 Å². The van der Waals surface area contributed by atoms with Crippen molar-refractivity contribution in [3.05, 3.63) is 47.1 Å². The van der Waals surface area contributed by atoms with Gasteiger partial charge in [-0.05, 0) is 76.2 Å². The molecular formula is C26H36O4. The number of ketones is 2. The molecule has 0 aromatic carbocycles. The van der Waals surface area contributed by atoms with Crippen molar-refractivity contribution < 1.29 is 19.4 Å². The zero-order valence-corrected chi connectivity index (χ0v) is 19.3. The Morgan fingerprint density at radius 1 is 1.33 bits per heavy atom. The number of hydrogen-bond acceptors (Lipinski definition) is 4. The van der Waals surface area contributed by atoms with Crippen molar-refractivity contribution in [3.8, 4) is 0 Å². The quantitative estimate of drug-likeness (QED) is 0.407. The van der Waals surface area contributed by atoms with Gasteiger partial charge in [0.25, 0.3) is 0 Å². The molecule has 0 aromatic rings. The van der Waals surface area contributed by atoms with E-state index in [4.69, 9.17) is 4.74 Å². The number of allylic oxidation sites excluding steroid dienone is 5. The number of carbonyl (C=O) groups excluding carboxylic acids is 2. The van der Waals surface area contributed by atoms with Crippen molar-refractivity contribution in [2.45, 2.75) is 72.7 Å². The molecule has 2 aliphatic carbocycles. The highest BCUT2D eigenvalue weighted by Crippen LogP contribution is 2.50. The van der Waals surface area contributed by atoms with Gasteiger partial charge >= 0.3 is 0 Å². The second-order valence-electron chi connectivity index (χ2n) is 9.84. The molecule has 3 rings (SSSR count). The number of aliphatic hydroxyl groups excluding tert-OH is 1. The molecule has 1 heterocycles. The Bertz CT molecular complexity index is 843. The third-order valence-electron chi connectivity index (χ3n) is 7.09. The van der Waals surface area contributed by atoms with E-state index in [1.807, 2.05) is 26.0 Å². The Labute approximate surface area is 180 Å². The predicted molar refractivity (Wildman–Crippen MR) is 119 cm³/mol. The molecule has 1 N–H and O–H groups in total. The van der Waals surface area contributed by atoms with Crippen LogP contribution in [0.5, 0.6) is 0 Å². The lowest BCUT2D eigenvalue weighted by Crippen LogP contribution is -2.43. The average molecular weight is 413 g/mol. The van der Waals surface area contributed by atoms with Gasteiger partial charge in [0.05, 0.1) is 6.10 Å². The van der Waals surface area contributed by atoms with E-state index in [2.05, 4.69) is 32.9 Å². The highest BCUT2D eigenvalue weighted by atomic mass is 16.6. The summed E-state index contributed by atoms with van der Waals surface area (Å²) in [6.45, 7) is 13.6. The van der Waals surface area contributed by atoms with Crippen molar-refractivity contribution in [2.24, 2.45) is 29.6 Å². The summed E-state index contributed by atoms with van der Waals surface area (Å²) in [5.74, 6) is 1.02. The maximum absolute atomic E-state index is 12.8. The Hall–Kier alpha value is -1.78. The van der Waals surface area contributed by atoms with Gasteiger partial charge in [-0.2, -0.15) is 0 Å². The fourth-order valence-corrected chi connectivity index (χ4v) is 5.58. The van der Waals surface area contributed by atoms with Crippen LogP contribution >= 0.6 is 0 Å². The molecule has 8 atom stereocenters. The lowest BCUT2D eigenvalue weighted by atomic mass is 9.58. The Kier molecular flexibility index (Phi) is 6.41. The van der Waals surface area contributed by atoms with Gasteiger partial charge in [-0.15, -0.1) is 0 Å². The van der Waals surface area contributed by atoms with Gasteiger partial charge in [0.1, 0.15) is 17.5 Å². The standard InChI is InChI=1S/C26H36O4/c1-14-10-20-11-15(2)24(29)19(6)23(20)22(21(14)13-18(5)28)12-16(3)25-26(7,30-25)9-8-17(4)27/h8-10,12-13,15,18-20,22-23,25,28H,11H2,1-7H3/b9-8+,16-12+,21-13+. The van der Waals surface area contributed by atoms with E-state index in [1.54, 1.807) is 13.0 Å². The molecule has 164 valence electrons. The summed E-state index contributed by atoms with van der Waals surface area (Å²) in [6, 6.07) is 0. The maximum atomic E-state index is 12.8. The molecule has 0 aromatic heterocycles. The van der Waals surface area contributed by atoms with Crippen LogP contribution in [-0.2, 0) is 14.3 Å². The number of hydrogen-bond donors (Lipinski definition) is 1. The first kappa shape index (κ1) is 22.9. The van der Waals surface area contributed by atoms with Crippen LogP contribution in [-0.4, -0.2) is 34.5 Å². The number of Topliss-reactive ketones (excluding diaryl/α,β-unsaturated/α-hetero) is 1. The first-order valence-electron chi connectivity index (χ1n) is 11.1. The van der Waals surface area contributed by atoms with Crippen molar-refractivity contribution in [3.63, 3.8) is 0 Å². The van der Waals surface area contributed by atoms with E-state index in [-0.39, 0.29) is 35.6 Å². The molecule has 3 aliphatic rings. The molecule has 1 saturated heterocycles. The van der Waals surface area contributed by atoms with Crippen molar-refractivity contribution in [2.75, 3.05) is 0 Å². The van der Waals surface area contributed by atoms with E-state index < -0.39 is 11.7 Å². The maximum Gasteiger partial charge on any atom is 0.152 e. The van der Waals surface area contributed by atoms with Gasteiger partial charge in [0.2, 0.25) is 0 Å². The van der Waals surface area contributed by atoms with Crippen molar-refractivity contribution >= 4 is 11.6 Å². The number of fused-ring (bicyclic) bond motifs is 1. The normalized spacial score (nSPS) is 41.6. The largest absolute Gasteiger partial charge is 0.389 e. The number of rotatable bonds is 5. The summed E-state index contributed by atoms with van der Waals surface area (Å²) in [4.78, 5) is 24.2. The van der Waals surface area contributed by atoms with Crippen molar-refractivity contribution in [1.29, 1.82) is 0 Å². The number of epoxide rings is 1. The molecule has 1 saturated carbocycles. The van der Waals surface area contributed by atoms with Crippen LogP contribution in [0, 0.1) is 29.6 Å². The van der Waals surface area contributed by atoms with Gasteiger partial charge in [0, 0.05) is 17.8 Å². The molecule has 0 amide bonds. The zero-order valence-electron chi connectivity index (χ0n) is 19.3. The highest BCUT2D eigenvalue weighted by Gasteiger charge is 2.52. The first-order chi connectivity index (χ1) is 13.9. The van der Waals surface area contributed by atoms with E-state index in [0.717, 1.165) is 17.6 Å². The predicted octanol–water partition coefficient (Wildman–Crippen LogP) is 4.60. The average Bonchev–Trinajstić information content (AvgIpc) is 3.33.